The summed E-state index contributed by atoms with van der Waals surface area (Å²) >= 11 is 3.46. The Morgan fingerprint density at radius 2 is 2.00 bits per heavy atom. The maximum atomic E-state index is 13.3. The number of amides is 1. The van der Waals surface area contributed by atoms with Crippen molar-refractivity contribution in [3.63, 3.8) is 0 Å². The molecule has 9 heteroatoms. The molecule has 4 rings (SSSR count). The number of fused-ring (bicyclic) bond motifs is 2. The lowest BCUT2D eigenvalue weighted by Gasteiger charge is -2.38. The molecule has 2 aromatic carbocycles. The molecule has 0 fully saturated rings. The van der Waals surface area contributed by atoms with Crippen molar-refractivity contribution in [3.05, 3.63) is 58.7 Å². The Kier molecular flexibility index (Phi) is 5.43. The highest BCUT2D eigenvalue weighted by Gasteiger charge is 2.41. The maximum Gasteiger partial charge on any atom is 0.264 e. The van der Waals surface area contributed by atoms with E-state index in [9.17, 15) is 13.2 Å². The van der Waals surface area contributed by atoms with Crippen molar-refractivity contribution in [1.29, 1.82) is 0 Å². The number of carbonyl (C=O) groups is 1. The second-order valence-corrected chi connectivity index (χ2v) is 10.4. The largest absolute Gasteiger partial charge is 0.496 e. The molecule has 1 amide bonds. The van der Waals surface area contributed by atoms with Crippen LogP contribution in [0.3, 0.4) is 0 Å². The number of carbonyl (C=O) groups excluding carboxylic acids is 1. The molecule has 0 saturated carbocycles. The summed E-state index contributed by atoms with van der Waals surface area (Å²) in [6, 6.07) is 11.6. The molecule has 0 radical (unpaired) electrons. The van der Waals surface area contributed by atoms with Gasteiger partial charge in [0.05, 0.1) is 27.9 Å². The minimum Gasteiger partial charge on any atom is -0.496 e. The third-order valence-electron chi connectivity index (χ3n) is 5.20. The van der Waals surface area contributed by atoms with Crippen LogP contribution >= 0.6 is 15.9 Å². The fraction of sp³-hybridized carbons (Fsp3) is 0.273. The zero-order valence-corrected chi connectivity index (χ0v) is 19.6. The van der Waals surface area contributed by atoms with Gasteiger partial charge in [0, 0.05) is 23.6 Å². The zero-order valence-electron chi connectivity index (χ0n) is 17.2. The average Bonchev–Trinajstić information content (AvgIpc) is 2.72. The molecule has 1 unspecified atom stereocenters. The van der Waals surface area contributed by atoms with Crippen molar-refractivity contribution in [3.8, 4) is 11.5 Å². The standard InChI is InChI=1S/C22H21BrN2O5S/c1-22(2)12-14(19-17(29-3)10-9-15(23)20(19)30-22)21(26)25-31(27,28)18-8-4-7-16-13(18)6-5-11-24-16/h4-11,14H,12H2,1-3H3,(H,25,26). The highest BCUT2D eigenvalue weighted by atomic mass is 79.9. The number of hydrogen-bond donors (Lipinski definition) is 1. The van der Waals surface area contributed by atoms with Gasteiger partial charge in [-0.15, -0.1) is 0 Å². The summed E-state index contributed by atoms with van der Waals surface area (Å²) in [6.45, 7) is 3.71. The highest BCUT2D eigenvalue weighted by Crippen LogP contribution is 2.49. The Morgan fingerprint density at radius 1 is 1.23 bits per heavy atom. The number of aromatic nitrogens is 1. The molecular weight excluding hydrogens is 484 g/mol. The Labute approximate surface area is 189 Å². The van der Waals surface area contributed by atoms with E-state index in [0.29, 0.717) is 32.4 Å². The first-order valence-electron chi connectivity index (χ1n) is 9.59. The third kappa shape index (κ3) is 3.99. The van der Waals surface area contributed by atoms with Gasteiger partial charge in [0.2, 0.25) is 5.91 Å². The van der Waals surface area contributed by atoms with E-state index in [2.05, 4.69) is 25.6 Å². The van der Waals surface area contributed by atoms with Gasteiger partial charge in [-0.2, -0.15) is 0 Å². The second-order valence-electron chi connectivity index (χ2n) is 7.91. The SMILES string of the molecule is COc1ccc(Br)c2c1C(C(=O)NS(=O)(=O)c1cccc3ncccc13)CC(C)(C)O2. The Balaban J connectivity index is 1.76. The van der Waals surface area contributed by atoms with E-state index in [4.69, 9.17) is 9.47 Å². The van der Waals surface area contributed by atoms with Crippen LogP contribution in [0.1, 0.15) is 31.7 Å². The van der Waals surface area contributed by atoms with Gasteiger partial charge in [-0.1, -0.05) is 6.07 Å². The van der Waals surface area contributed by atoms with Crippen LogP contribution in [-0.4, -0.2) is 32.0 Å². The minimum atomic E-state index is -4.14. The Hall–Kier alpha value is -2.65. The normalized spacial score (nSPS) is 17.5. The highest BCUT2D eigenvalue weighted by molar-refractivity contribution is 9.10. The molecule has 3 aromatic rings. The van der Waals surface area contributed by atoms with Gasteiger partial charge in [0.25, 0.3) is 10.0 Å². The van der Waals surface area contributed by atoms with Gasteiger partial charge in [0.15, 0.2) is 0 Å². The van der Waals surface area contributed by atoms with Crippen molar-refractivity contribution in [2.75, 3.05) is 7.11 Å². The first-order chi connectivity index (χ1) is 14.6. The van der Waals surface area contributed by atoms with E-state index in [-0.39, 0.29) is 11.3 Å². The summed E-state index contributed by atoms with van der Waals surface area (Å²) in [5.74, 6) is -0.493. The molecule has 1 atom stereocenters. The first-order valence-corrected chi connectivity index (χ1v) is 11.9. The number of halogens is 1. The molecule has 1 N–H and O–H groups in total. The summed E-state index contributed by atoms with van der Waals surface area (Å²) in [5, 5.41) is 0.443. The fourth-order valence-corrected chi connectivity index (χ4v) is 5.53. The second kappa shape index (κ2) is 7.80. The topological polar surface area (TPSA) is 94.6 Å². The van der Waals surface area contributed by atoms with Crippen LogP contribution in [0.25, 0.3) is 10.9 Å². The number of benzene rings is 2. The zero-order chi connectivity index (χ0) is 22.4. The van der Waals surface area contributed by atoms with Gasteiger partial charge in [0.1, 0.15) is 17.1 Å². The molecule has 162 valence electrons. The molecule has 0 spiro atoms. The quantitative estimate of drug-likeness (QED) is 0.573. The molecule has 0 saturated heterocycles. The summed E-state index contributed by atoms with van der Waals surface area (Å²) < 4.78 is 40.8. The number of sulfonamides is 1. The predicted molar refractivity (Wildman–Crippen MR) is 120 cm³/mol. The van der Waals surface area contributed by atoms with E-state index in [1.807, 2.05) is 13.8 Å². The molecular formula is C22H21BrN2O5S. The number of rotatable bonds is 4. The molecule has 1 aliphatic heterocycles. The van der Waals surface area contributed by atoms with Crippen molar-refractivity contribution in [1.82, 2.24) is 9.71 Å². The molecule has 1 aliphatic rings. The Morgan fingerprint density at radius 3 is 2.74 bits per heavy atom. The van der Waals surface area contributed by atoms with Gasteiger partial charge in [-0.25, -0.2) is 13.1 Å². The Bertz CT molecular complexity index is 1290. The molecule has 1 aromatic heterocycles. The number of pyridine rings is 1. The number of ether oxygens (including phenoxy) is 2. The lowest BCUT2D eigenvalue weighted by molar-refractivity contribution is -0.122. The van der Waals surface area contributed by atoms with Gasteiger partial charge < -0.3 is 9.47 Å². The van der Waals surface area contributed by atoms with Gasteiger partial charge >= 0.3 is 0 Å². The van der Waals surface area contributed by atoms with Crippen LogP contribution in [-0.2, 0) is 14.8 Å². The summed E-state index contributed by atoms with van der Waals surface area (Å²) in [6.07, 6.45) is 1.87. The smallest absolute Gasteiger partial charge is 0.264 e. The first kappa shape index (κ1) is 21.6. The summed E-state index contributed by atoms with van der Waals surface area (Å²) in [7, 11) is -2.64. The van der Waals surface area contributed by atoms with Crippen LogP contribution in [0.5, 0.6) is 11.5 Å². The average molecular weight is 505 g/mol. The van der Waals surface area contributed by atoms with Crippen LogP contribution in [0, 0.1) is 0 Å². The molecule has 2 heterocycles. The number of methoxy groups -OCH3 is 1. The molecule has 0 bridgehead atoms. The number of hydrogen-bond acceptors (Lipinski definition) is 6. The third-order valence-corrected chi connectivity index (χ3v) is 7.23. The van der Waals surface area contributed by atoms with Crippen LogP contribution in [0.15, 0.2) is 58.0 Å². The van der Waals surface area contributed by atoms with Crippen LogP contribution < -0.4 is 14.2 Å². The number of nitrogens with zero attached hydrogens (tertiary/aromatic N) is 1. The van der Waals surface area contributed by atoms with Crippen LogP contribution in [0.2, 0.25) is 0 Å². The van der Waals surface area contributed by atoms with E-state index < -0.39 is 27.4 Å². The number of nitrogens with one attached hydrogen (secondary N) is 1. The van der Waals surface area contributed by atoms with Crippen molar-refractivity contribution in [2.45, 2.75) is 36.7 Å². The van der Waals surface area contributed by atoms with Gasteiger partial charge in [-0.3, -0.25) is 9.78 Å². The monoisotopic (exact) mass is 504 g/mol. The molecule has 7 nitrogen and oxygen atoms in total. The molecule has 31 heavy (non-hydrogen) atoms. The lowest BCUT2D eigenvalue weighted by atomic mass is 9.83. The van der Waals surface area contributed by atoms with E-state index in [1.54, 1.807) is 42.6 Å². The lowest BCUT2D eigenvalue weighted by Crippen LogP contribution is -2.42. The van der Waals surface area contributed by atoms with Crippen molar-refractivity contribution >= 4 is 42.8 Å². The van der Waals surface area contributed by atoms with Crippen molar-refractivity contribution < 1.29 is 22.7 Å². The fourth-order valence-electron chi connectivity index (χ4n) is 3.87. The van der Waals surface area contributed by atoms with Gasteiger partial charge in [-0.05, 0) is 66.2 Å². The van der Waals surface area contributed by atoms with E-state index in [1.165, 1.54) is 13.2 Å². The van der Waals surface area contributed by atoms with E-state index >= 15 is 0 Å². The summed E-state index contributed by atoms with van der Waals surface area (Å²) in [5.41, 5.74) is 0.362. The van der Waals surface area contributed by atoms with Crippen molar-refractivity contribution in [2.24, 2.45) is 0 Å². The predicted octanol–water partition coefficient (Wildman–Crippen LogP) is 4.16. The minimum absolute atomic E-state index is 0.000740. The van der Waals surface area contributed by atoms with Crippen LogP contribution in [0.4, 0.5) is 0 Å². The van der Waals surface area contributed by atoms with E-state index in [0.717, 1.165) is 0 Å². The summed E-state index contributed by atoms with van der Waals surface area (Å²) in [4.78, 5) is 17.5. The molecule has 0 aliphatic carbocycles. The maximum absolute atomic E-state index is 13.3.